The van der Waals surface area contributed by atoms with Gasteiger partial charge in [0, 0.05) is 30.5 Å². The molecule has 3 atom stereocenters. The summed E-state index contributed by atoms with van der Waals surface area (Å²) in [5.41, 5.74) is 0.0229. The second-order valence-electron chi connectivity index (χ2n) is 5.15. The summed E-state index contributed by atoms with van der Waals surface area (Å²) < 4.78 is 0. The minimum atomic E-state index is -1.13. The Kier molecular flexibility index (Phi) is 4.58. The van der Waals surface area contributed by atoms with Crippen molar-refractivity contribution in [1.82, 2.24) is 10.2 Å². The number of amides is 2. The van der Waals surface area contributed by atoms with Gasteiger partial charge < -0.3 is 20.4 Å². The number of thioether (sulfide) groups is 1. The zero-order chi connectivity index (χ0) is 15.7. The Balaban J connectivity index is 2.04. The van der Waals surface area contributed by atoms with Crippen molar-refractivity contribution in [3.8, 4) is 0 Å². The van der Waals surface area contributed by atoms with Gasteiger partial charge in [-0.2, -0.15) is 0 Å². The number of β-lactam (4-membered cyclic amide) rings is 1. The highest BCUT2D eigenvalue weighted by atomic mass is 32.2. The highest BCUT2D eigenvalue weighted by molar-refractivity contribution is 8.03. The minimum absolute atomic E-state index is 0.0229. The lowest BCUT2D eigenvalue weighted by molar-refractivity contribution is -0.161. The van der Waals surface area contributed by atoms with Crippen LogP contribution in [0.3, 0.4) is 0 Å². The monoisotopic (exact) mass is 314 g/mol. The van der Waals surface area contributed by atoms with E-state index in [1.54, 1.807) is 6.92 Å². The predicted octanol–water partition coefficient (Wildman–Crippen LogP) is -0.237. The van der Waals surface area contributed by atoms with Crippen molar-refractivity contribution < 1.29 is 24.6 Å². The molecule has 7 nitrogen and oxygen atoms in total. The summed E-state index contributed by atoms with van der Waals surface area (Å²) in [6.45, 7) is 3.40. The van der Waals surface area contributed by atoms with Gasteiger partial charge in [-0.25, -0.2) is 4.79 Å². The Morgan fingerprint density at radius 1 is 1.52 bits per heavy atom. The fourth-order valence-corrected chi connectivity index (χ4v) is 3.82. The predicted molar refractivity (Wildman–Crippen MR) is 76.2 cm³/mol. The molecule has 0 aromatic carbocycles. The van der Waals surface area contributed by atoms with Crippen LogP contribution < -0.4 is 5.32 Å². The third-order valence-corrected chi connectivity index (χ3v) is 4.76. The van der Waals surface area contributed by atoms with Gasteiger partial charge in [-0.3, -0.25) is 9.59 Å². The third kappa shape index (κ3) is 2.91. The minimum Gasteiger partial charge on any atom is -0.477 e. The van der Waals surface area contributed by atoms with Crippen molar-refractivity contribution >= 4 is 29.5 Å². The Labute approximate surface area is 126 Å². The van der Waals surface area contributed by atoms with Gasteiger partial charge >= 0.3 is 5.97 Å². The van der Waals surface area contributed by atoms with Crippen LogP contribution in [-0.2, 0) is 14.4 Å². The van der Waals surface area contributed by atoms with E-state index in [9.17, 15) is 24.6 Å². The molecule has 2 heterocycles. The van der Waals surface area contributed by atoms with Crippen molar-refractivity contribution in [2.45, 2.75) is 32.4 Å². The number of carbonyl (C=O) groups is 3. The number of carboxylic acid groups (broad SMARTS) is 1. The summed E-state index contributed by atoms with van der Waals surface area (Å²) in [4.78, 5) is 36.0. The fraction of sp³-hybridized carbons (Fsp3) is 0.615. The molecule has 8 heteroatoms. The smallest absolute Gasteiger partial charge is 0.353 e. The van der Waals surface area contributed by atoms with Gasteiger partial charge in [-0.1, -0.05) is 0 Å². The first-order chi connectivity index (χ1) is 9.84. The lowest BCUT2D eigenvalue weighted by Gasteiger charge is -2.44. The number of hydrogen-bond acceptors (Lipinski definition) is 5. The zero-order valence-electron chi connectivity index (χ0n) is 11.8. The number of rotatable bonds is 6. The average Bonchev–Trinajstić information content (AvgIpc) is 2.68. The van der Waals surface area contributed by atoms with Crippen LogP contribution in [0.25, 0.3) is 0 Å². The van der Waals surface area contributed by atoms with Crippen LogP contribution >= 0.6 is 11.8 Å². The first-order valence-electron chi connectivity index (χ1n) is 6.69. The summed E-state index contributed by atoms with van der Waals surface area (Å²) >= 11 is 1.33. The molecule has 2 amide bonds. The number of aliphatic hydroxyl groups is 1. The summed E-state index contributed by atoms with van der Waals surface area (Å²) in [6.07, 6.45) is -0.328. The molecule has 2 aliphatic rings. The van der Waals surface area contributed by atoms with Crippen LogP contribution in [0, 0.1) is 5.92 Å². The van der Waals surface area contributed by atoms with E-state index in [0.717, 1.165) is 0 Å². The van der Waals surface area contributed by atoms with Crippen molar-refractivity contribution in [3.05, 3.63) is 10.6 Å². The Bertz CT molecular complexity index is 517. The van der Waals surface area contributed by atoms with E-state index in [4.69, 9.17) is 0 Å². The second-order valence-corrected chi connectivity index (χ2v) is 6.34. The molecule has 0 spiro atoms. The fourth-order valence-electron chi connectivity index (χ4n) is 2.76. The van der Waals surface area contributed by atoms with Crippen LogP contribution in [0.2, 0.25) is 0 Å². The van der Waals surface area contributed by atoms with Crippen LogP contribution in [0.1, 0.15) is 20.3 Å². The molecule has 0 aromatic heterocycles. The first-order valence-corrected chi connectivity index (χ1v) is 7.68. The number of fused-ring (bicyclic) bond motifs is 1. The van der Waals surface area contributed by atoms with Gasteiger partial charge in [-0.05, 0) is 6.92 Å². The van der Waals surface area contributed by atoms with Gasteiger partial charge in [0.2, 0.25) is 11.8 Å². The van der Waals surface area contributed by atoms with E-state index in [2.05, 4.69) is 5.32 Å². The zero-order valence-corrected chi connectivity index (χ0v) is 12.6. The van der Waals surface area contributed by atoms with E-state index in [1.165, 1.54) is 23.6 Å². The standard InChI is InChI=1S/C13H18N2O5S/c1-6(16)10-8-5-9(21-4-3-14-7(2)17)11(13(19)20)15(8)12(10)18/h6,8,10,16H,3-5H2,1-2H3,(H,14,17)(H,19,20)/t6?,8-,10-/m1/s1. The molecule has 116 valence electrons. The van der Waals surface area contributed by atoms with E-state index in [-0.39, 0.29) is 23.6 Å². The first kappa shape index (κ1) is 15.8. The number of carboxylic acids is 1. The van der Waals surface area contributed by atoms with Crippen molar-refractivity contribution in [3.63, 3.8) is 0 Å². The second kappa shape index (κ2) is 6.07. The molecule has 0 radical (unpaired) electrons. The van der Waals surface area contributed by atoms with Crippen molar-refractivity contribution in [2.24, 2.45) is 5.92 Å². The molecule has 0 aromatic rings. The number of nitrogens with zero attached hydrogens (tertiary/aromatic N) is 1. The van der Waals surface area contributed by atoms with Crippen LogP contribution in [0.4, 0.5) is 0 Å². The lowest BCUT2D eigenvalue weighted by Crippen LogP contribution is -2.61. The van der Waals surface area contributed by atoms with E-state index in [1.807, 2.05) is 0 Å². The maximum Gasteiger partial charge on any atom is 0.353 e. The molecule has 21 heavy (non-hydrogen) atoms. The molecule has 1 saturated heterocycles. The summed E-state index contributed by atoms with van der Waals surface area (Å²) in [7, 11) is 0. The number of aliphatic hydroxyl groups excluding tert-OH is 1. The van der Waals surface area contributed by atoms with Gasteiger partial charge in [0.05, 0.1) is 18.1 Å². The van der Waals surface area contributed by atoms with Gasteiger partial charge in [0.25, 0.3) is 0 Å². The molecule has 1 fully saturated rings. The SMILES string of the molecule is CC(=O)NCCSC1=C(C(=O)O)N2C(=O)[C@H](C(C)O)[C@H]2C1. The molecule has 2 rings (SSSR count). The number of aliphatic carboxylic acids is 1. The summed E-state index contributed by atoms with van der Waals surface area (Å²) in [5, 5.41) is 21.5. The maximum absolute atomic E-state index is 12.0. The maximum atomic E-state index is 12.0. The average molecular weight is 314 g/mol. The number of nitrogens with one attached hydrogen (secondary N) is 1. The van der Waals surface area contributed by atoms with E-state index >= 15 is 0 Å². The highest BCUT2D eigenvalue weighted by Crippen LogP contribution is 2.46. The van der Waals surface area contributed by atoms with Crippen molar-refractivity contribution in [1.29, 1.82) is 0 Å². The van der Waals surface area contributed by atoms with Gasteiger partial charge in [0.15, 0.2) is 0 Å². The number of hydrogen-bond donors (Lipinski definition) is 3. The molecule has 3 N–H and O–H groups in total. The van der Waals surface area contributed by atoms with Crippen LogP contribution in [0.5, 0.6) is 0 Å². The third-order valence-electron chi connectivity index (χ3n) is 3.64. The topological polar surface area (TPSA) is 107 Å². The molecule has 0 bridgehead atoms. The quantitative estimate of drug-likeness (QED) is 0.461. The molecule has 0 aliphatic carbocycles. The lowest BCUT2D eigenvalue weighted by atomic mass is 9.83. The van der Waals surface area contributed by atoms with Crippen molar-refractivity contribution in [2.75, 3.05) is 12.3 Å². The largest absolute Gasteiger partial charge is 0.477 e. The summed E-state index contributed by atoms with van der Waals surface area (Å²) in [6, 6.07) is -0.258. The summed E-state index contributed by atoms with van der Waals surface area (Å²) in [5.74, 6) is -1.57. The highest BCUT2D eigenvalue weighted by Gasteiger charge is 2.56. The van der Waals surface area contributed by atoms with Gasteiger partial charge in [0.1, 0.15) is 5.70 Å². The molecule has 2 aliphatic heterocycles. The Hall–Kier alpha value is -1.54. The molecular formula is C13H18N2O5S. The van der Waals surface area contributed by atoms with E-state index in [0.29, 0.717) is 23.6 Å². The molecule has 1 unspecified atom stereocenters. The van der Waals surface area contributed by atoms with E-state index < -0.39 is 18.0 Å². The van der Waals surface area contributed by atoms with Gasteiger partial charge in [-0.15, -0.1) is 11.8 Å². The van der Waals surface area contributed by atoms with Crippen LogP contribution in [-0.4, -0.2) is 57.3 Å². The molecular weight excluding hydrogens is 296 g/mol. The molecule has 0 saturated carbocycles. The normalized spacial score (nSPS) is 25.5. The van der Waals surface area contributed by atoms with Crippen LogP contribution in [0.15, 0.2) is 10.6 Å². The number of carbonyl (C=O) groups excluding carboxylic acids is 2. The Morgan fingerprint density at radius 3 is 2.71 bits per heavy atom. The Morgan fingerprint density at radius 2 is 2.19 bits per heavy atom.